The average Bonchev–Trinajstić information content (AvgIpc) is 3.30. The Morgan fingerprint density at radius 1 is 1.30 bits per heavy atom. The molecule has 8 heteroatoms. The molecule has 3 aromatic rings. The molecule has 1 saturated carbocycles. The van der Waals surface area contributed by atoms with Gasteiger partial charge in [-0.25, -0.2) is 9.97 Å². The number of aromatic nitrogens is 3. The standard InChI is InChI=1S/C19H21N5O2S/c1-11(14-4-2-3-8-20-14)21-19-23-15-7-9-27-17(15)16(24-19)18(26)22-12-5-6-13(25)10-12/h2-4,7-9,11-13,25H,5-6,10H2,1H3,(H,22,26)(H,21,23,24)/t11-,12?,13+/m0/s1. The lowest BCUT2D eigenvalue weighted by Gasteiger charge is -2.15. The van der Waals surface area contributed by atoms with Crippen molar-refractivity contribution in [3.63, 3.8) is 0 Å². The predicted octanol–water partition coefficient (Wildman–Crippen LogP) is 2.90. The van der Waals surface area contributed by atoms with Crippen LogP contribution in [0.4, 0.5) is 5.95 Å². The Hall–Kier alpha value is -2.58. The highest BCUT2D eigenvalue weighted by molar-refractivity contribution is 7.17. The summed E-state index contributed by atoms with van der Waals surface area (Å²) in [6.45, 7) is 1.98. The maximum absolute atomic E-state index is 12.8. The average molecular weight is 383 g/mol. The van der Waals surface area contributed by atoms with Gasteiger partial charge in [0.15, 0.2) is 5.69 Å². The Bertz CT molecular complexity index is 946. The van der Waals surface area contributed by atoms with E-state index >= 15 is 0 Å². The second-order valence-corrected chi connectivity index (χ2v) is 7.70. The molecule has 0 spiro atoms. The molecule has 1 fully saturated rings. The number of anilines is 1. The van der Waals surface area contributed by atoms with Crippen LogP contribution in [0, 0.1) is 0 Å². The van der Waals surface area contributed by atoms with Gasteiger partial charge >= 0.3 is 0 Å². The molecule has 1 amide bonds. The number of amides is 1. The van der Waals surface area contributed by atoms with Crippen LogP contribution in [0.1, 0.15) is 48.4 Å². The van der Waals surface area contributed by atoms with Crippen molar-refractivity contribution in [1.29, 1.82) is 0 Å². The zero-order chi connectivity index (χ0) is 18.8. The molecule has 27 heavy (non-hydrogen) atoms. The molecule has 0 aliphatic heterocycles. The number of pyridine rings is 1. The topological polar surface area (TPSA) is 100 Å². The van der Waals surface area contributed by atoms with Gasteiger partial charge in [-0.15, -0.1) is 11.3 Å². The molecule has 3 heterocycles. The lowest BCUT2D eigenvalue weighted by molar-refractivity contribution is 0.0931. The minimum absolute atomic E-state index is 0.0127. The quantitative estimate of drug-likeness (QED) is 0.626. The van der Waals surface area contributed by atoms with Crippen LogP contribution < -0.4 is 10.6 Å². The van der Waals surface area contributed by atoms with Crippen LogP contribution in [0.25, 0.3) is 10.2 Å². The maximum atomic E-state index is 12.8. The number of hydrogen-bond acceptors (Lipinski definition) is 7. The Morgan fingerprint density at radius 2 is 2.19 bits per heavy atom. The van der Waals surface area contributed by atoms with Gasteiger partial charge in [-0.1, -0.05) is 6.07 Å². The highest BCUT2D eigenvalue weighted by Crippen LogP contribution is 2.26. The van der Waals surface area contributed by atoms with Crippen molar-refractivity contribution in [3.05, 3.63) is 47.2 Å². The van der Waals surface area contributed by atoms with Crippen LogP contribution in [0.2, 0.25) is 0 Å². The summed E-state index contributed by atoms with van der Waals surface area (Å²) in [6.07, 6.45) is 3.50. The van der Waals surface area contributed by atoms with Gasteiger partial charge in [-0.05, 0) is 49.8 Å². The van der Waals surface area contributed by atoms with Gasteiger partial charge in [0.2, 0.25) is 5.95 Å². The van der Waals surface area contributed by atoms with E-state index in [1.165, 1.54) is 11.3 Å². The second kappa shape index (κ2) is 7.58. The van der Waals surface area contributed by atoms with Crippen molar-refractivity contribution in [2.45, 2.75) is 44.4 Å². The predicted molar refractivity (Wildman–Crippen MR) is 105 cm³/mol. The van der Waals surface area contributed by atoms with Gasteiger partial charge in [0.25, 0.3) is 5.91 Å². The van der Waals surface area contributed by atoms with Crippen molar-refractivity contribution in [2.24, 2.45) is 0 Å². The zero-order valence-corrected chi connectivity index (χ0v) is 15.7. The van der Waals surface area contributed by atoms with Crippen molar-refractivity contribution < 1.29 is 9.90 Å². The summed E-state index contributed by atoms with van der Waals surface area (Å²) in [7, 11) is 0. The maximum Gasteiger partial charge on any atom is 0.271 e. The Kier molecular flexibility index (Phi) is 5.00. The number of aliphatic hydroxyl groups is 1. The zero-order valence-electron chi connectivity index (χ0n) is 14.9. The lowest BCUT2D eigenvalue weighted by atomic mass is 10.2. The minimum atomic E-state index is -0.334. The fourth-order valence-corrected chi connectivity index (χ4v) is 4.14. The molecule has 0 radical (unpaired) electrons. The highest BCUT2D eigenvalue weighted by Gasteiger charge is 2.26. The van der Waals surface area contributed by atoms with Gasteiger partial charge < -0.3 is 15.7 Å². The van der Waals surface area contributed by atoms with Crippen LogP contribution >= 0.6 is 11.3 Å². The van der Waals surface area contributed by atoms with Crippen LogP contribution in [0.3, 0.4) is 0 Å². The first-order valence-corrected chi connectivity index (χ1v) is 9.90. The van der Waals surface area contributed by atoms with Gasteiger partial charge in [0.05, 0.1) is 28.1 Å². The Morgan fingerprint density at radius 3 is 2.93 bits per heavy atom. The molecule has 3 N–H and O–H groups in total. The third-order valence-corrected chi connectivity index (χ3v) is 5.65. The third kappa shape index (κ3) is 3.91. The molecule has 1 unspecified atom stereocenters. The van der Waals surface area contributed by atoms with E-state index in [-0.39, 0.29) is 24.1 Å². The normalized spacial score (nSPS) is 20.5. The number of carbonyl (C=O) groups is 1. The van der Waals surface area contributed by atoms with Crippen molar-refractivity contribution in [3.8, 4) is 0 Å². The van der Waals surface area contributed by atoms with Gasteiger partial charge in [0.1, 0.15) is 0 Å². The van der Waals surface area contributed by atoms with E-state index in [0.29, 0.717) is 18.1 Å². The van der Waals surface area contributed by atoms with Crippen LogP contribution in [-0.4, -0.2) is 38.1 Å². The number of carbonyl (C=O) groups excluding carboxylic acids is 1. The number of aliphatic hydroxyl groups excluding tert-OH is 1. The monoisotopic (exact) mass is 383 g/mol. The summed E-state index contributed by atoms with van der Waals surface area (Å²) in [5, 5.41) is 17.8. The summed E-state index contributed by atoms with van der Waals surface area (Å²) in [5.41, 5.74) is 1.98. The molecule has 0 saturated heterocycles. The van der Waals surface area contributed by atoms with Crippen LogP contribution in [-0.2, 0) is 0 Å². The third-order valence-electron chi connectivity index (χ3n) is 4.74. The molecule has 1 aliphatic rings. The fraction of sp³-hybridized carbons (Fsp3) is 0.368. The van der Waals surface area contributed by atoms with Crippen molar-refractivity contribution >= 4 is 33.4 Å². The molecule has 3 atom stereocenters. The summed E-state index contributed by atoms with van der Waals surface area (Å²) in [4.78, 5) is 26.2. The first kappa shape index (κ1) is 17.8. The highest BCUT2D eigenvalue weighted by atomic mass is 32.1. The van der Waals surface area contributed by atoms with Gasteiger partial charge in [-0.2, -0.15) is 0 Å². The van der Waals surface area contributed by atoms with Crippen LogP contribution in [0.5, 0.6) is 0 Å². The van der Waals surface area contributed by atoms with E-state index in [4.69, 9.17) is 0 Å². The number of fused-ring (bicyclic) bond motifs is 1. The van der Waals surface area contributed by atoms with E-state index in [1.807, 2.05) is 36.6 Å². The number of hydrogen-bond donors (Lipinski definition) is 3. The minimum Gasteiger partial charge on any atom is -0.393 e. The smallest absolute Gasteiger partial charge is 0.271 e. The van der Waals surface area contributed by atoms with E-state index in [2.05, 4.69) is 25.6 Å². The van der Waals surface area contributed by atoms with E-state index in [0.717, 1.165) is 28.8 Å². The summed E-state index contributed by atoms with van der Waals surface area (Å²) >= 11 is 1.45. The number of rotatable bonds is 5. The molecule has 0 bridgehead atoms. The molecule has 4 rings (SSSR count). The van der Waals surface area contributed by atoms with Gasteiger partial charge in [0, 0.05) is 12.2 Å². The van der Waals surface area contributed by atoms with E-state index in [9.17, 15) is 9.90 Å². The van der Waals surface area contributed by atoms with Gasteiger partial charge in [-0.3, -0.25) is 9.78 Å². The number of thiophene rings is 1. The SMILES string of the molecule is C[C@H](Nc1nc(C(=O)NC2CC[C@@H](O)C2)c2sccc2n1)c1ccccn1. The largest absolute Gasteiger partial charge is 0.393 e. The molecule has 0 aromatic carbocycles. The Labute approximate surface area is 160 Å². The Balaban J connectivity index is 1.58. The van der Waals surface area contributed by atoms with E-state index in [1.54, 1.807) is 6.20 Å². The summed E-state index contributed by atoms with van der Waals surface area (Å²) in [5.74, 6) is 0.174. The summed E-state index contributed by atoms with van der Waals surface area (Å²) in [6, 6.07) is 7.50. The van der Waals surface area contributed by atoms with Crippen molar-refractivity contribution in [2.75, 3.05) is 5.32 Å². The summed E-state index contributed by atoms with van der Waals surface area (Å²) < 4.78 is 0.766. The van der Waals surface area contributed by atoms with Crippen molar-refractivity contribution in [1.82, 2.24) is 20.3 Å². The molecule has 3 aromatic heterocycles. The number of nitrogens with one attached hydrogen (secondary N) is 2. The molecule has 140 valence electrons. The molecule has 7 nitrogen and oxygen atoms in total. The lowest BCUT2D eigenvalue weighted by Crippen LogP contribution is -2.34. The first-order valence-electron chi connectivity index (χ1n) is 9.02. The number of nitrogens with zero attached hydrogens (tertiary/aromatic N) is 3. The first-order chi connectivity index (χ1) is 13.1. The molecular formula is C19H21N5O2S. The molecular weight excluding hydrogens is 362 g/mol. The van der Waals surface area contributed by atoms with Crippen LogP contribution in [0.15, 0.2) is 35.8 Å². The molecule has 1 aliphatic carbocycles. The van der Waals surface area contributed by atoms with E-state index < -0.39 is 0 Å². The fourth-order valence-electron chi connectivity index (χ4n) is 3.32. The second-order valence-electron chi connectivity index (χ2n) is 6.79.